The predicted molar refractivity (Wildman–Crippen MR) is 45.8 cm³/mol. The highest BCUT2D eigenvalue weighted by Gasteiger charge is 2.15. The zero-order valence-corrected chi connectivity index (χ0v) is 8.96. The fraction of sp³-hybridized carbons (Fsp3) is 1.00. The monoisotopic (exact) mass is 308 g/mol. The molecular formula is C4H7Br3O. The Morgan fingerprint density at radius 1 is 1.25 bits per heavy atom. The van der Waals surface area contributed by atoms with Gasteiger partial charge in [0.1, 0.15) is 2.14 Å². The lowest BCUT2D eigenvalue weighted by atomic mass is 10.4. The van der Waals surface area contributed by atoms with Crippen LogP contribution in [0.15, 0.2) is 0 Å². The molecule has 0 heterocycles. The Hall–Kier alpha value is 1.40. The van der Waals surface area contributed by atoms with E-state index in [1.54, 1.807) is 0 Å². The molecular weight excluding hydrogens is 304 g/mol. The van der Waals surface area contributed by atoms with Crippen molar-refractivity contribution in [2.24, 2.45) is 0 Å². The van der Waals surface area contributed by atoms with Crippen LogP contribution in [0.3, 0.4) is 0 Å². The predicted octanol–water partition coefficient (Wildman–Crippen LogP) is 2.60. The van der Waals surface area contributed by atoms with Gasteiger partial charge in [-0.05, 0) is 12.8 Å². The molecule has 0 aliphatic heterocycles. The van der Waals surface area contributed by atoms with E-state index in [1.807, 2.05) is 0 Å². The molecule has 0 saturated carbocycles. The van der Waals surface area contributed by atoms with Crippen molar-refractivity contribution in [3.8, 4) is 0 Å². The zero-order valence-electron chi connectivity index (χ0n) is 4.20. The van der Waals surface area contributed by atoms with E-state index in [-0.39, 0.29) is 8.75 Å². The summed E-state index contributed by atoms with van der Waals surface area (Å²) in [5, 5.41) is 8.37. The van der Waals surface area contributed by atoms with E-state index < -0.39 is 0 Å². The van der Waals surface area contributed by atoms with Crippen molar-refractivity contribution in [3.05, 3.63) is 0 Å². The number of aliphatic hydroxyl groups is 1. The van der Waals surface area contributed by atoms with Gasteiger partial charge >= 0.3 is 0 Å². The van der Waals surface area contributed by atoms with E-state index >= 15 is 0 Å². The maximum Gasteiger partial charge on any atom is 0.135 e. The summed E-state index contributed by atoms with van der Waals surface area (Å²) in [7, 11) is 0. The highest BCUT2D eigenvalue weighted by molar-refractivity contribution is 9.39. The smallest absolute Gasteiger partial charge is 0.135 e. The standard InChI is InChI=1S/C4H7Br3O/c5-4(6,7)2-1-3-8/h8H,1-3H2. The second-order valence-corrected chi connectivity index (χ2v) is 8.70. The lowest BCUT2D eigenvalue weighted by molar-refractivity contribution is 0.286. The van der Waals surface area contributed by atoms with Crippen LogP contribution in [0.1, 0.15) is 12.8 Å². The summed E-state index contributed by atoms with van der Waals surface area (Å²) in [6, 6.07) is 0. The molecule has 0 saturated heterocycles. The molecule has 50 valence electrons. The van der Waals surface area contributed by atoms with Crippen LogP contribution in [0, 0.1) is 0 Å². The van der Waals surface area contributed by atoms with Gasteiger partial charge in [0.2, 0.25) is 0 Å². The molecule has 1 nitrogen and oxygen atoms in total. The SMILES string of the molecule is OCCCC(Br)(Br)Br. The highest BCUT2D eigenvalue weighted by atomic mass is 80.0. The third-order valence-corrected chi connectivity index (χ3v) is 1.81. The van der Waals surface area contributed by atoms with Gasteiger partial charge < -0.3 is 5.11 Å². The molecule has 1 N–H and O–H groups in total. The van der Waals surface area contributed by atoms with E-state index in [9.17, 15) is 0 Å². The minimum Gasteiger partial charge on any atom is -0.396 e. The summed E-state index contributed by atoms with van der Waals surface area (Å²) in [6.45, 7) is 0.241. The van der Waals surface area contributed by atoms with Crippen LogP contribution >= 0.6 is 47.8 Å². The van der Waals surface area contributed by atoms with Gasteiger partial charge in [-0.2, -0.15) is 0 Å². The molecule has 4 heteroatoms. The van der Waals surface area contributed by atoms with Gasteiger partial charge in [0, 0.05) is 6.61 Å². The van der Waals surface area contributed by atoms with E-state index in [0.717, 1.165) is 12.8 Å². The maximum atomic E-state index is 8.37. The molecule has 0 aromatic rings. The molecule has 0 amide bonds. The van der Waals surface area contributed by atoms with Crippen LogP contribution < -0.4 is 0 Å². The first-order chi connectivity index (χ1) is 3.56. The molecule has 0 spiro atoms. The molecule has 0 radical (unpaired) electrons. The topological polar surface area (TPSA) is 20.2 Å². The maximum absolute atomic E-state index is 8.37. The van der Waals surface area contributed by atoms with Crippen LogP contribution in [-0.2, 0) is 0 Å². The number of hydrogen-bond acceptors (Lipinski definition) is 1. The van der Waals surface area contributed by atoms with E-state index in [4.69, 9.17) is 5.11 Å². The molecule has 0 aromatic heterocycles. The first kappa shape index (κ1) is 9.40. The van der Waals surface area contributed by atoms with Crippen LogP contribution in [0.4, 0.5) is 0 Å². The Bertz CT molecular complexity index is 58.8. The fourth-order valence-corrected chi connectivity index (χ4v) is 1.12. The Morgan fingerprint density at radius 2 is 1.75 bits per heavy atom. The largest absolute Gasteiger partial charge is 0.396 e. The van der Waals surface area contributed by atoms with Gasteiger partial charge in [-0.1, -0.05) is 47.8 Å². The summed E-state index contributed by atoms with van der Waals surface area (Å²) in [6.07, 6.45) is 1.66. The average molecular weight is 311 g/mol. The zero-order chi connectivity index (χ0) is 6.62. The lowest BCUT2D eigenvalue weighted by Crippen LogP contribution is -1.99. The Kier molecular flexibility index (Phi) is 5.00. The molecule has 0 aliphatic carbocycles. The van der Waals surface area contributed by atoms with E-state index in [1.165, 1.54) is 0 Å². The van der Waals surface area contributed by atoms with Crippen molar-refractivity contribution in [1.82, 2.24) is 0 Å². The molecule has 0 atom stereocenters. The molecule has 0 aromatic carbocycles. The van der Waals surface area contributed by atoms with Crippen molar-refractivity contribution in [3.63, 3.8) is 0 Å². The van der Waals surface area contributed by atoms with Gasteiger partial charge in [-0.3, -0.25) is 0 Å². The first-order valence-corrected chi connectivity index (χ1v) is 4.62. The second kappa shape index (κ2) is 4.25. The Labute approximate surface area is 74.2 Å². The summed E-state index contributed by atoms with van der Waals surface area (Å²) in [4.78, 5) is 0. The first-order valence-electron chi connectivity index (χ1n) is 2.24. The molecule has 0 unspecified atom stereocenters. The van der Waals surface area contributed by atoms with E-state index in [2.05, 4.69) is 47.8 Å². The fourth-order valence-electron chi connectivity index (χ4n) is 0.280. The van der Waals surface area contributed by atoms with Crippen LogP contribution in [0.5, 0.6) is 0 Å². The molecule has 0 fully saturated rings. The van der Waals surface area contributed by atoms with Crippen molar-refractivity contribution >= 4 is 47.8 Å². The van der Waals surface area contributed by atoms with Gasteiger partial charge in [-0.15, -0.1) is 0 Å². The van der Waals surface area contributed by atoms with Crippen molar-refractivity contribution in [1.29, 1.82) is 0 Å². The third-order valence-electron chi connectivity index (χ3n) is 0.618. The van der Waals surface area contributed by atoms with Crippen molar-refractivity contribution in [2.45, 2.75) is 15.0 Å². The number of alkyl halides is 3. The van der Waals surface area contributed by atoms with Gasteiger partial charge in [0.25, 0.3) is 0 Å². The van der Waals surface area contributed by atoms with Crippen LogP contribution in [0.25, 0.3) is 0 Å². The second-order valence-electron chi connectivity index (χ2n) is 1.44. The number of hydrogen-bond donors (Lipinski definition) is 1. The Morgan fingerprint density at radius 3 is 1.88 bits per heavy atom. The number of aliphatic hydroxyl groups excluding tert-OH is 1. The molecule has 0 bridgehead atoms. The van der Waals surface area contributed by atoms with Crippen LogP contribution in [0.2, 0.25) is 0 Å². The van der Waals surface area contributed by atoms with Crippen molar-refractivity contribution in [2.75, 3.05) is 6.61 Å². The number of halogens is 3. The van der Waals surface area contributed by atoms with Crippen LogP contribution in [-0.4, -0.2) is 13.9 Å². The normalized spacial score (nSPS) is 12.0. The summed E-state index contributed by atoms with van der Waals surface area (Å²) < 4.78 is -0.171. The molecule has 8 heavy (non-hydrogen) atoms. The third kappa shape index (κ3) is 7.40. The lowest BCUT2D eigenvalue weighted by Gasteiger charge is -2.08. The van der Waals surface area contributed by atoms with Gasteiger partial charge in [0.15, 0.2) is 0 Å². The minimum atomic E-state index is -0.171. The summed E-state index contributed by atoms with van der Waals surface area (Å²) >= 11 is 9.91. The highest BCUT2D eigenvalue weighted by Crippen LogP contribution is 2.37. The average Bonchev–Trinajstić information content (AvgIpc) is 1.59. The minimum absolute atomic E-state index is 0.171. The number of rotatable bonds is 2. The molecule has 0 aliphatic rings. The molecule has 0 rings (SSSR count). The summed E-state index contributed by atoms with van der Waals surface area (Å²) in [5.41, 5.74) is 0. The Balaban J connectivity index is 3.11. The van der Waals surface area contributed by atoms with Crippen molar-refractivity contribution < 1.29 is 5.11 Å². The summed E-state index contributed by atoms with van der Waals surface area (Å²) in [5.74, 6) is 0. The quantitative estimate of drug-likeness (QED) is 0.777. The van der Waals surface area contributed by atoms with Gasteiger partial charge in [0.05, 0.1) is 0 Å². The van der Waals surface area contributed by atoms with E-state index in [0.29, 0.717) is 0 Å². The van der Waals surface area contributed by atoms with Gasteiger partial charge in [-0.25, -0.2) is 0 Å².